The minimum Gasteiger partial charge on any atom is -0.463 e. The summed E-state index contributed by atoms with van der Waals surface area (Å²) in [6, 6.07) is 0. The van der Waals surface area contributed by atoms with Gasteiger partial charge in [0.05, 0.1) is 19.8 Å². The Morgan fingerprint density at radius 3 is 2.69 bits per heavy atom. The average Bonchev–Trinajstić information content (AvgIpc) is 2.72. The Kier molecular flexibility index (Phi) is 5.68. The smallest absolute Gasteiger partial charge is 0.311 e. The first-order valence-electron chi connectivity index (χ1n) is 5.34. The fourth-order valence-corrected chi connectivity index (χ4v) is 1.42. The number of rotatable bonds is 7. The van der Waals surface area contributed by atoms with Crippen LogP contribution in [0.2, 0.25) is 0 Å². The van der Waals surface area contributed by atoms with Crippen LogP contribution in [0.1, 0.15) is 13.3 Å². The van der Waals surface area contributed by atoms with Crippen molar-refractivity contribution < 1.29 is 28.8 Å². The fourth-order valence-electron chi connectivity index (χ4n) is 1.42. The van der Waals surface area contributed by atoms with Gasteiger partial charge in [-0.15, -0.1) is 0 Å². The number of hydrogen-bond donors (Lipinski definition) is 1. The normalized spacial score (nSPS) is 18.6. The van der Waals surface area contributed by atoms with E-state index in [1.54, 1.807) is 0 Å². The van der Waals surface area contributed by atoms with Crippen molar-refractivity contribution >= 4 is 5.97 Å². The van der Waals surface area contributed by atoms with Crippen LogP contribution in [0.25, 0.3) is 0 Å². The molecule has 0 aromatic heterocycles. The van der Waals surface area contributed by atoms with Gasteiger partial charge in [-0.25, -0.2) is 0 Å². The molecule has 94 valence electrons. The van der Waals surface area contributed by atoms with Crippen LogP contribution in [-0.2, 0) is 23.7 Å². The van der Waals surface area contributed by atoms with Crippen LogP contribution < -0.4 is 0 Å². The first kappa shape index (κ1) is 13.4. The van der Waals surface area contributed by atoms with Gasteiger partial charge in [0.1, 0.15) is 19.6 Å². The highest BCUT2D eigenvalue weighted by Crippen LogP contribution is 2.24. The maximum atomic E-state index is 11.4. The molecule has 0 saturated carbocycles. The van der Waals surface area contributed by atoms with Gasteiger partial charge in [-0.05, 0) is 6.92 Å². The maximum Gasteiger partial charge on any atom is 0.311 e. The second-order valence-corrected chi connectivity index (χ2v) is 3.37. The molecule has 0 bridgehead atoms. The summed E-state index contributed by atoms with van der Waals surface area (Å²) in [7, 11) is 0. The topological polar surface area (TPSA) is 74.2 Å². The van der Waals surface area contributed by atoms with Crippen LogP contribution >= 0.6 is 0 Å². The molecule has 1 saturated heterocycles. The van der Waals surface area contributed by atoms with Crippen molar-refractivity contribution in [2.24, 2.45) is 0 Å². The Morgan fingerprint density at radius 2 is 2.12 bits per heavy atom. The molecule has 6 heteroatoms. The van der Waals surface area contributed by atoms with Crippen LogP contribution in [0.15, 0.2) is 0 Å². The predicted molar refractivity (Wildman–Crippen MR) is 53.8 cm³/mol. The molecule has 1 aliphatic rings. The van der Waals surface area contributed by atoms with Crippen LogP contribution in [0.5, 0.6) is 0 Å². The van der Waals surface area contributed by atoms with Crippen molar-refractivity contribution in [1.29, 1.82) is 0 Å². The molecule has 1 N–H and O–H groups in total. The van der Waals surface area contributed by atoms with Crippen molar-refractivity contribution in [1.82, 2.24) is 0 Å². The SMILES string of the molecule is CCOCC1(CC(=O)OCCO)OCCO1. The van der Waals surface area contributed by atoms with Gasteiger partial charge in [0, 0.05) is 6.61 Å². The molecule has 16 heavy (non-hydrogen) atoms. The van der Waals surface area contributed by atoms with Crippen LogP contribution in [0.4, 0.5) is 0 Å². The highest BCUT2D eigenvalue weighted by Gasteiger charge is 2.39. The Hall–Kier alpha value is -0.690. The van der Waals surface area contributed by atoms with Gasteiger partial charge in [-0.1, -0.05) is 0 Å². The van der Waals surface area contributed by atoms with Crippen molar-refractivity contribution in [3.63, 3.8) is 0 Å². The zero-order chi connectivity index (χ0) is 11.9. The minimum atomic E-state index is -1.01. The van der Waals surface area contributed by atoms with E-state index in [0.29, 0.717) is 19.8 Å². The molecule has 0 aromatic carbocycles. The molecule has 6 nitrogen and oxygen atoms in total. The van der Waals surface area contributed by atoms with E-state index in [2.05, 4.69) is 0 Å². The van der Waals surface area contributed by atoms with Crippen molar-refractivity contribution in [3.8, 4) is 0 Å². The van der Waals surface area contributed by atoms with E-state index in [9.17, 15) is 4.79 Å². The highest BCUT2D eigenvalue weighted by molar-refractivity contribution is 5.70. The molecule has 0 aromatic rings. The van der Waals surface area contributed by atoms with Gasteiger partial charge in [0.15, 0.2) is 0 Å². The summed E-state index contributed by atoms with van der Waals surface area (Å²) in [5, 5.41) is 8.52. The summed E-state index contributed by atoms with van der Waals surface area (Å²) in [6.45, 7) is 3.28. The van der Waals surface area contributed by atoms with E-state index in [1.807, 2.05) is 6.92 Å². The third-order valence-electron chi connectivity index (χ3n) is 2.11. The van der Waals surface area contributed by atoms with Crippen LogP contribution in [0.3, 0.4) is 0 Å². The molecule has 0 amide bonds. The van der Waals surface area contributed by atoms with Gasteiger partial charge >= 0.3 is 5.97 Å². The van der Waals surface area contributed by atoms with E-state index in [0.717, 1.165) is 0 Å². The lowest BCUT2D eigenvalue weighted by molar-refractivity contribution is -0.205. The summed E-state index contributed by atoms with van der Waals surface area (Å²) in [5.41, 5.74) is 0. The Bertz CT molecular complexity index is 211. The molecule has 0 unspecified atom stereocenters. The zero-order valence-corrected chi connectivity index (χ0v) is 9.44. The molecule has 0 atom stereocenters. The van der Waals surface area contributed by atoms with Crippen molar-refractivity contribution in [2.45, 2.75) is 19.1 Å². The van der Waals surface area contributed by atoms with Crippen molar-refractivity contribution in [3.05, 3.63) is 0 Å². The number of ether oxygens (including phenoxy) is 4. The van der Waals surface area contributed by atoms with Gasteiger partial charge in [0.25, 0.3) is 0 Å². The molecule has 0 spiro atoms. The minimum absolute atomic E-state index is 0.0104. The molecular formula is C10H18O6. The summed E-state index contributed by atoms with van der Waals surface area (Å²) >= 11 is 0. The first-order valence-corrected chi connectivity index (χ1v) is 5.34. The van der Waals surface area contributed by atoms with E-state index in [-0.39, 0.29) is 26.2 Å². The van der Waals surface area contributed by atoms with E-state index in [4.69, 9.17) is 24.1 Å². The summed E-state index contributed by atoms with van der Waals surface area (Å²) in [5.74, 6) is -1.47. The lowest BCUT2D eigenvalue weighted by Crippen LogP contribution is -2.39. The molecule has 1 heterocycles. The first-order chi connectivity index (χ1) is 7.72. The molecular weight excluding hydrogens is 216 g/mol. The van der Waals surface area contributed by atoms with Gasteiger partial charge < -0.3 is 24.1 Å². The number of esters is 1. The third kappa shape index (κ3) is 4.05. The second kappa shape index (κ2) is 6.80. The van der Waals surface area contributed by atoms with Crippen molar-refractivity contribution in [2.75, 3.05) is 39.6 Å². The van der Waals surface area contributed by atoms with Gasteiger partial charge in [0.2, 0.25) is 5.79 Å². The predicted octanol–water partition coefficient (Wildman–Crippen LogP) is -0.308. The quantitative estimate of drug-likeness (QED) is 0.609. The Balaban J connectivity index is 2.40. The zero-order valence-electron chi connectivity index (χ0n) is 9.44. The van der Waals surface area contributed by atoms with E-state index in [1.165, 1.54) is 0 Å². The Labute approximate surface area is 94.4 Å². The number of hydrogen-bond acceptors (Lipinski definition) is 6. The third-order valence-corrected chi connectivity index (χ3v) is 2.11. The standard InChI is InChI=1S/C10H18O6/c1-2-13-8-10(15-5-6-16-10)7-9(12)14-4-3-11/h11H,2-8H2,1H3. The molecule has 0 aliphatic carbocycles. The molecule has 0 radical (unpaired) electrons. The summed E-state index contributed by atoms with van der Waals surface area (Å²) < 4.78 is 20.7. The lowest BCUT2D eigenvalue weighted by atomic mass is 10.2. The second-order valence-electron chi connectivity index (χ2n) is 3.37. The molecule has 1 rings (SSSR count). The highest BCUT2D eigenvalue weighted by atomic mass is 16.8. The van der Waals surface area contributed by atoms with Gasteiger partial charge in [-0.3, -0.25) is 4.79 Å². The Morgan fingerprint density at radius 1 is 1.44 bits per heavy atom. The summed E-state index contributed by atoms with van der Waals surface area (Å²) in [6.07, 6.45) is -0.0208. The number of carbonyl (C=O) groups is 1. The number of aliphatic hydroxyl groups excluding tert-OH is 1. The largest absolute Gasteiger partial charge is 0.463 e. The maximum absolute atomic E-state index is 11.4. The summed E-state index contributed by atoms with van der Waals surface area (Å²) in [4.78, 5) is 11.4. The average molecular weight is 234 g/mol. The monoisotopic (exact) mass is 234 g/mol. The number of aliphatic hydroxyl groups is 1. The molecule has 1 fully saturated rings. The molecule has 1 aliphatic heterocycles. The van der Waals surface area contributed by atoms with Gasteiger partial charge in [-0.2, -0.15) is 0 Å². The van der Waals surface area contributed by atoms with Crippen LogP contribution in [0, 0.1) is 0 Å². The lowest BCUT2D eigenvalue weighted by Gasteiger charge is -2.25. The van der Waals surface area contributed by atoms with E-state index >= 15 is 0 Å². The van der Waals surface area contributed by atoms with Crippen LogP contribution in [-0.4, -0.2) is 56.5 Å². The van der Waals surface area contributed by atoms with E-state index < -0.39 is 11.8 Å². The number of carbonyl (C=O) groups excluding carboxylic acids is 1. The fraction of sp³-hybridized carbons (Fsp3) is 0.900.